The van der Waals surface area contributed by atoms with E-state index >= 15 is 0 Å². The zero-order valence-electron chi connectivity index (χ0n) is 13.1. The van der Waals surface area contributed by atoms with Crippen LogP contribution in [0.1, 0.15) is 35.0 Å². The highest BCUT2D eigenvalue weighted by molar-refractivity contribution is 5.93. The van der Waals surface area contributed by atoms with Crippen LogP contribution in [0.4, 0.5) is 0 Å². The van der Waals surface area contributed by atoms with Crippen molar-refractivity contribution in [1.29, 1.82) is 0 Å². The molecule has 120 valence electrons. The minimum absolute atomic E-state index is 0.0748. The number of hydrogen-bond donors (Lipinski definition) is 0. The lowest BCUT2D eigenvalue weighted by molar-refractivity contribution is 0.0693. The van der Waals surface area contributed by atoms with Crippen LogP contribution in [0.3, 0.4) is 0 Å². The summed E-state index contributed by atoms with van der Waals surface area (Å²) in [6.07, 6.45) is 5.46. The van der Waals surface area contributed by atoms with Gasteiger partial charge >= 0.3 is 0 Å². The number of amides is 1. The SMILES string of the molecule is O=C(c1cc(-c2ccccc2)no1)N1CCC[C@H]1c1ccncc1. The van der Waals surface area contributed by atoms with Crippen LogP contribution in [0.15, 0.2) is 65.4 Å². The van der Waals surface area contributed by atoms with Crippen molar-refractivity contribution in [1.82, 2.24) is 15.0 Å². The van der Waals surface area contributed by atoms with Gasteiger partial charge in [0.1, 0.15) is 5.69 Å². The minimum Gasteiger partial charge on any atom is -0.350 e. The molecule has 1 aliphatic heterocycles. The molecule has 1 aliphatic rings. The zero-order valence-corrected chi connectivity index (χ0v) is 13.1. The predicted molar refractivity (Wildman–Crippen MR) is 89.2 cm³/mol. The van der Waals surface area contributed by atoms with E-state index in [1.54, 1.807) is 18.5 Å². The Balaban J connectivity index is 1.58. The van der Waals surface area contributed by atoms with Crippen LogP contribution in [0.25, 0.3) is 11.3 Å². The lowest BCUT2D eigenvalue weighted by Crippen LogP contribution is -2.30. The Bertz CT molecular complexity index is 830. The summed E-state index contributed by atoms with van der Waals surface area (Å²) in [6.45, 7) is 0.729. The molecule has 0 bridgehead atoms. The number of rotatable bonds is 3. The molecule has 0 aliphatic carbocycles. The summed E-state index contributed by atoms with van der Waals surface area (Å²) in [4.78, 5) is 18.8. The molecule has 0 spiro atoms. The molecule has 5 nitrogen and oxygen atoms in total. The number of hydrogen-bond acceptors (Lipinski definition) is 4. The van der Waals surface area contributed by atoms with Gasteiger partial charge in [-0.1, -0.05) is 35.5 Å². The number of pyridine rings is 1. The number of nitrogens with zero attached hydrogens (tertiary/aromatic N) is 3. The molecule has 0 saturated carbocycles. The second-order valence-corrected chi connectivity index (χ2v) is 5.88. The summed E-state index contributed by atoms with van der Waals surface area (Å²) in [5.74, 6) is 0.179. The third-order valence-corrected chi connectivity index (χ3v) is 4.40. The summed E-state index contributed by atoms with van der Waals surface area (Å²) in [7, 11) is 0. The Labute approximate surface area is 139 Å². The molecule has 1 fully saturated rings. The second-order valence-electron chi connectivity index (χ2n) is 5.88. The fourth-order valence-electron chi connectivity index (χ4n) is 3.20. The van der Waals surface area contributed by atoms with Gasteiger partial charge in [0.25, 0.3) is 5.91 Å². The molecule has 1 aromatic carbocycles. The number of likely N-dealkylation sites (tertiary alicyclic amines) is 1. The van der Waals surface area contributed by atoms with Gasteiger partial charge in [-0.05, 0) is 30.5 Å². The summed E-state index contributed by atoms with van der Waals surface area (Å²) < 4.78 is 5.32. The fourth-order valence-corrected chi connectivity index (χ4v) is 3.20. The Morgan fingerprint density at radius 1 is 1.12 bits per heavy atom. The van der Waals surface area contributed by atoms with E-state index in [4.69, 9.17) is 4.52 Å². The van der Waals surface area contributed by atoms with Gasteiger partial charge in [-0.2, -0.15) is 0 Å². The molecule has 24 heavy (non-hydrogen) atoms. The van der Waals surface area contributed by atoms with Gasteiger partial charge < -0.3 is 9.42 Å². The quantitative estimate of drug-likeness (QED) is 0.738. The van der Waals surface area contributed by atoms with Crippen molar-refractivity contribution in [3.63, 3.8) is 0 Å². The summed E-state index contributed by atoms with van der Waals surface area (Å²) >= 11 is 0. The molecule has 3 aromatic rings. The standard InChI is InChI=1S/C19H17N3O2/c23-19(18-13-16(21-24-18)14-5-2-1-3-6-14)22-12-4-7-17(22)15-8-10-20-11-9-15/h1-3,5-6,8-11,13,17H,4,7,12H2/t17-/m0/s1. The second kappa shape index (κ2) is 6.28. The molecule has 4 rings (SSSR count). The maximum atomic E-state index is 12.9. The van der Waals surface area contributed by atoms with Crippen molar-refractivity contribution in [2.24, 2.45) is 0 Å². The van der Waals surface area contributed by atoms with Gasteiger partial charge in [-0.3, -0.25) is 9.78 Å². The molecule has 0 N–H and O–H groups in total. The first-order chi connectivity index (χ1) is 11.8. The van der Waals surface area contributed by atoms with E-state index in [0.717, 1.165) is 30.5 Å². The molecular formula is C19H17N3O2. The van der Waals surface area contributed by atoms with Gasteiger partial charge in [0, 0.05) is 30.6 Å². The monoisotopic (exact) mass is 319 g/mol. The largest absolute Gasteiger partial charge is 0.350 e. The Hall–Kier alpha value is -2.95. The van der Waals surface area contributed by atoms with E-state index < -0.39 is 0 Å². The molecular weight excluding hydrogens is 302 g/mol. The van der Waals surface area contributed by atoms with Crippen LogP contribution >= 0.6 is 0 Å². The van der Waals surface area contributed by atoms with Crippen LogP contribution in [-0.4, -0.2) is 27.5 Å². The molecule has 5 heteroatoms. The topological polar surface area (TPSA) is 59.2 Å². The van der Waals surface area contributed by atoms with Gasteiger partial charge in [0.15, 0.2) is 0 Å². The van der Waals surface area contributed by atoms with Gasteiger partial charge in [-0.15, -0.1) is 0 Å². The highest BCUT2D eigenvalue weighted by Gasteiger charge is 2.32. The van der Waals surface area contributed by atoms with Crippen molar-refractivity contribution in [3.8, 4) is 11.3 Å². The maximum Gasteiger partial charge on any atom is 0.292 e. The molecule has 0 unspecified atom stereocenters. The first-order valence-electron chi connectivity index (χ1n) is 8.06. The molecule has 0 radical (unpaired) electrons. The van der Waals surface area contributed by atoms with Crippen LogP contribution in [0, 0.1) is 0 Å². The first-order valence-corrected chi connectivity index (χ1v) is 8.06. The summed E-state index contributed by atoms with van der Waals surface area (Å²) in [5, 5.41) is 4.04. The molecule has 3 heterocycles. The lowest BCUT2D eigenvalue weighted by atomic mass is 10.1. The Morgan fingerprint density at radius 3 is 2.71 bits per heavy atom. The van der Waals surface area contributed by atoms with Crippen LogP contribution in [-0.2, 0) is 0 Å². The smallest absolute Gasteiger partial charge is 0.292 e. The highest BCUT2D eigenvalue weighted by Crippen LogP contribution is 2.33. The normalized spacial score (nSPS) is 17.2. The minimum atomic E-state index is -0.107. The van der Waals surface area contributed by atoms with Crippen molar-refractivity contribution in [2.75, 3.05) is 6.54 Å². The van der Waals surface area contributed by atoms with Gasteiger partial charge in [-0.25, -0.2) is 0 Å². The number of carbonyl (C=O) groups is 1. The Kier molecular flexibility index (Phi) is 3.83. The maximum absolute atomic E-state index is 12.9. The fraction of sp³-hybridized carbons (Fsp3) is 0.211. The zero-order chi connectivity index (χ0) is 16.4. The first kappa shape index (κ1) is 14.6. The van der Waals surface area contributed by atoms with Crippen LogP contribution in [0.5, 0.6) is 0 Å². The van der Waals surface area contributed by atoms with E-state index in [0.29, 0.717) is 5.69 Å². The van der Waals surface area contributed by atoms with Crippen molar-refractivity contribution >= 4 is 5.91 Å². The summed E-state index contributed by atoms with van der Waals surface area (Å²) in [5.41, 5.74) is 2.73. The Morgan fingerprint density at radius 2 is 1.92 bits per heavy atom. The van der Waals surface area contributed by atoms with E-state index in [1.165, 1.54) is 0 Å². The van der Waals surface area contributed by atoms with Crippen molar-refractivity contribution < 1.29 is 9.32 Å². The highest BCUT2D eigenvalue weighted by atomic mass is 16.5. The van der Waals surface area contributed by atoms with Crippen molar-refractivity contribution in [3.05, 3.63) is 72.2 Å². The van der Waals surface area contributed by atoms with Crippen LogP contribution < -0.4 is 0 Å². The summed E-state index contributed by atoms with van der Waals surface area (Å²) in [6, 6.07) is 15.4. The molecule has 1 atom stereocenters. The number of aromatic nitrogens is 2. The van der Waals surface area contributed by atoms with Gasteiger partial charge in [0.05, 0.1) is 6.04 Å². The number of carbonyl (C=O) groups excluding carboxylic acids is 1. The average molecular weight is 319 g/mol. The third kappa shape index (κ3) is 2.69. The van der Waals surface area contributed by atoms with Crippen LogP contribution in [0.2, 0.25) is 0 Å². The van der Waals surface area contributed by atoms with E-state index in [9.17, 15) is 4.79 Å². The molecule has 1 saturated heterocycles. The molecule has 2 aromatic heterocycles. The predicted octanol–water partition coefficient (Wildman–Crippen LogP) is 3.71. The molecule has 1 amide bonds. The van der Waals surface area contributed by atoms with E-state index in [1.807, 2.05) is 47.4 Å². The van der Waals surface area contributed by atoms with E-state index in [2.05, 4.69) is 10.1 Å². The number of benzene rings is 1. The lowest BCUT2D eigenvalue weighted by Gasteiger charge is -2.23. The third-order valence-electron chi connectivity index (χ3n) is 4.40. The average Bonchev–Trinajstić information content (AvgIpc) is 3.32. The van der Waals surface area contributed by atoms with Crippen molar-refractivity contribution in [2.45, 2.75) is 18.9 Å². The van der Waals surface area contributed by atoms with Gasteiger partial charge in [0.2, 0.25) is 5.76 Å². The van der Waals surface area contributed by atoms with E-state index in [-0.39, 0.29) is 17.7 Å².